The zero-order valence-electron chi connectivity index (χ0n) is 5.31. The molecule has 0 aromatic heterocycles. The molecule has 2 atom stereocenters. The van der Waals surface area contributed by atoms with Crippen LogP contribution in [0.1, 0.15) is 25.7 Å². The Morgan fingerprint density at radius 3 is 2.44 bits per heavy atom. The summed E-state index contributed by atoms with van der Waals surface area (Å²) in [6.45, 7) is 0. The maximum atomic E-state index is 8.58. The average molecular weight is 188 g/mol. The van der Waals surface area contributed by atoms with Crippen LogP contribution in [0.25, 0.3) is 0 Å². The molecule has 1 nitrogen and oxygen atoms in total. The molecule has 0 aromatic rings. The number of hydrogen-bond donors (Lipinski definition) is 0. The highest BCUT2D eigenvalue weighted by atomic mass is 79.9. The van der Waals surface area contributed by atoms with Crippen molar-refractivity contribution in [3.8, 4) is 6.07 Å². The van der Waals surface area contributed by atoms with Crippen LogP contribution in [0.15, 0.2) is 0 Å². The van der Waals surface area contributed by atoms with Gasteiger partial charge in [-0.05, 0) is 12.8 Å². The summed E-state index contributed by atoms with van der Waals surface area (Å²) >= 11 is 3.49. The first-order chi connectivity index (χ1) is 4.34. The molecular weight excluding hydrogens is 178 g/mol. The molecule has 0 spiro atoms. The molecule has 50 valence electrons. The molecule has 0 bridgehead atoms. The van der Waals surface area contributed by atoms with Gasteiger partial charge in [0, 0.05) is 4.83 Å². The molecule has 1 aliphatic carbocycles. The average Bonchev–Trinajstić information content (AvgIpc) is 1.89. The number of rotatable bonds is 0. The van der Waals surface area contributed by atoms with E-state index in [0.717, 1.165) is 6.42 Å². The molecule has 0 unspecified atom stereocenters. The van der Waals surface area contributed by atoms with Gasteiger partial charge in [0.1, 0.15) is 0 Å². The van der Waals surface area contributed by atoms with Crippen LogP contribution < -0.4 is 0 Å². The summed E-state index contributed by atoms with van der Waals surface area (Å²) in [5.74, 6) is 0.277. The third-order valence-electron chi connectivity index (χ3n) is 1.85. The van der Waals surface area contributed by atoms with Crippen molar-refractivity contribution in [2.75, 3.05) is 0 Å². The molecule has 0 N–H and O–H groups in total. The Morgan fingerprint density at radius 2 is 2.00 bits per heavy atom. The highest BCUT2D eigenvalue weighted by Gasteiger charge is 2.21. The highest BCUT2D eigenvalue weighted by molar-refractivity contribution is 9.09. The summed E-state index contributed by atoms with van der Waals surface area (Å²) in [4.78, 5) is 0.469. The zero-order valence-corrected chi connectivity index (χ0v) is 6.89. The standard InChI is InChI=1S/C7H10BrN/c8-7-4-2-1-3-6(7)5-9/h6-7H,1-4H2/t6-,7-/m1/s1. The summed E-state index contributed by atoms with van der Waals surface area (Å²) in [6.07, 6.45) is 4.79. The largest absolute Gasteiger partial charge is 0.198 e. The van der Waals surface area contributed by atoms with Gasteiger partial charge in [0.2, 0.25) is 0 Å². The molecule has 0 heterocycles. The van der Waals surface area contributed by atoms with Crippen LogP contribution in [0.3, 0.4) is 0 Å². The summed E-state index contributed by atoms with van der Waals surface area (Å²) in [5, 5.41) is 8.58. The highest BCUT2D eigenvalue weighted by Crippen LogP contribution is 2.28. The lowest BCUT2D eigenvalue weighted by Crippen LogP contribution is -2.16. The third kappa shape index (κ3) is 1.69. The number of alkyl halides is 1. The van der Waals surface area contributed by atoms with Crippen molar-refractivity contribution in [3.05, 3.63) is 0 Å². The SMILES string of the molecule is N#C[C@H]1CCCC[C@H]1Br. The molecule has 1 fully saturated rings. The smallest absolute Gasteiger partial charge is 0.0667 e. The first kappa shape index (κ1) is 7.08. The number of halogens is 1. The summed E-state index contributed by atoms with van der Waals surface area (Å²) in [5.41, 5.74) is 0. The van der Waals surface area contributed by atoms with Gasteiger partial charge in [0.05, 0.1) is 12.0 Å². The van der Waals surface area contributed by atoms with Gasteiger partial charge < -0.3 is 0 Å². The van der Waals surface area contributed by atoms with Crippen molar-refractivity contribution in [3.63, 3.8) is 0 Å². The van der Waals surface area contributed by atoms with Gasteiger partial charge in [-0.15, -0.1) is 0 Å². The topological polar surface area (TPSA) is 23.8 Å². The molecule has 0 amide bonds. The normalized spacial score (nSPS) is 35.6. The molecule has 0 saturated heterocycles. The van der Waals surface area contributed by atoms with E-state index >= 15 is 0 Å². The van der Waals surface area contributed by atoms with Gasteiger partial charge in [0.15, 0.2) is 0 Å². The monoisotopic (exact) mass is 187 g/mol. The number of nitrogens with zero attached hydrogens (tertiary/aromatic N) is 1. The van der Waals surface area contributed by atoms with Crippen LogP contribution in [0.2, 0.25) is 0 Å². The Hall–Kier alpha value is -0.0300. The third-order valence-corrected chi connectivity index (χ3v) is 2.94. The van der Waals surface area contributed by atoms with E-state index in [0.29, 0.717) is 4.83 Å². The molecule has 1 saturated carbocycles. The second-order valence-corrected chi connectivity index (χ2v) is 3.71. The fraction of sp³-hybridized carbons (Fsp3) is 0.857. The first-order valence-corrected chi connectivity index (χ1v) is 4.30. The summed E-state index contributed by atoms with van der Waals surface area (Å²) in [6, 6.07) is 2.31. The van der Waals surface area contributed by atoms with E-state index in [-0.39, 0.29) is 5.92 Å². The molecule has 1 rings (SSSR count). The Bertz CT molecular complexity index is 127. The van der Waals surface area contributed by atoms with Gasteiger partial charge >= 0.3 is 0 Å². The lowest BCUT2D eigenvalue weighted by molar-refractivity contribution is 0.445. The van der Waals surface area contributed by atoms with Crippen molar-refractivity contribution >= 4 is 15.9 Å². The maximum Gasteiger partial charge on any atom is 0.0667 e. The van der Waals surface area contributed by atoms with E-state index in [1.54, 1.807) is 0 Å². The van der Waals surface area contributed by atoms with Crippen LogP contribution in [0.4, 0.5) is 0 Å². The quantitative estimate of drug-likeness (QED) is 0.535. The number of hydrogen-bond acceptors (Lipinski definition) is 1. The molecule has 1 aliphatic rings. The minimum atomic E-state index is 0.277. The van der Waals surface area contributed by atoms with Crippen LogP contribution in [0.5, 0.6) is 0 Å². The lowest BCUT2D eigenvalue weighted by Gasteiger charge is -2.20. The summed E-state index contributed by atoms with van der Waals surface area (Å²) in [7, 11) is 0. The van der Waals surface area contributed by atoms with Crippen molar-refractivity contribution < 1.29 is 0 Å². The fourth-order valence-electron chi connectivity index (χ4n) is 1.23. The van der Waals surface area contributed by atoms with Gasteiger partial charge in [-0.1, -0.05) is 28.8 Å². The zero-order chi connectivity index (χ0) is 6.69. The van der Waals surface area contributed by atoms with E-state index in [1.807, 2.05) is 0 Å². The van der Waals surface area contributed by atoms with Gasteiger partial charge in [-0.3, -0.25) is 0 Å². The van der Waals surface area contributed by atoms with Crippen molar-refractivity contribution in [2.24, 2.45) is 5.92 Å². The fourth-order valence-corrected chi connectivity index (χ4v) is 1.94. The van der Waals surface area contributed by atoms with Gasteiger partial charge in [-0.2, -0.15) is 5.26 Å². The Labute approximate surface area is 64.2 Å². The van der Waals surface area contributed by atoms with E-state index in [9.17, 15) is 0 Å². The molecular formula is C7H10BrN. The van der Waals surface area contributed by atoms with Crippen LogP contribution >= 0.6 is 15.9 Å². The van der Waals surface area contributed by atoms with Crippen LogP contribution in [-0.4, -0.2) is 4.83 Å². The first-order valence-electron chi connectivity index (χ1n) is 3.38. The van der Waals surface area contributed by atoms with E-state index in [4.69, 9.17) is 5.26 Å². The van der Waals surface area contributed by atoms with Crippen molar-refractivity contribution in [1.82, 2.24) is 0 Å². The van der Waals surface area contributed by atoms with E-state index in [2.05, 4.69) is 22.0 Å². The van der Waals surface area contributed by atoms with Gasteiger partial charge in [-0.25, -0.2) is 0 Å². The minimum absolute atomic E-state index is 0.277. The molecule has 0 radical (unpaired) electrons. The molecule has 0 aromatic carbocycles. The minimum Gasteiger partial charge on any atom is -0.198 e. The van der Waals surface area contributed by atoms with Gasteiger partial charge in [0.25, 0.3) is 0 Å². The Kier molecular flexibility index (Phi) is 2.53. The van der Waals surface area contributed by atoms with Crippen LogP contribution in [0, 0.1) is 17.2 Å². The predicted molar refractivity (Wildman–Crippen MR) is 40.3 cm³/mol. The van der Waals surface area contributed by atoms with Crippen molar-refractivity contribution in [1.29, 1.82) is 5.26 Å². The van der Waals surface area contributed by atoms with Crippen LogP contribution in [-0.2, 0) is 0 Å². The lowest BCUT2D eigenvalue weighted by atomic mass is 9.90. The number of nitriles is 1. The molecule has 0 aliphatic heterocycles. The van der Waals surface area contributed by atoms with E-state index in [1.165, 1.54) is 19.3 Å². The maximum absolute atomic E-state index is 8.58. The molecule has 9 heavy (non-hydrogen) atoms. The van der Waals surface area contributed by atoms with Crippen molar-refractivity contribution in [2.45, 2.75) is 30.5 Å². The Morgan fingerprint density at radius 1 is 1.33 bits per heavy atom. The molecule has 2 heteroatoms. The second-order valence-electron chi connectivity index (χ2n) is 2.54. The Balaban J connectivity index is 2.41. The second kappa shape index (κ2) is 3.22. The predicted octanol–water partition coefficient (Wildman–Crippen LogP) is 2.46. The van der Waals surface area contributed by atoms with E-state index < -0.39 is 0 Å². The summed E-state index contributed by atoms with van der Waals surface area (Å²) < 4.78 is 0.